The van der Waals surface area contributed by atoms with E-state index in [1.165, 1.54) is 0 Å². The fraction of sp³-hybridized carbons (Fsp3) is 0.846. The predicted octanol–water partition coefficient (Wildman–Crippen LogP) is 0.879. The summed E-state index contributed by atoms with van der Waals surface area (Å²) >= 11 is 0. The van der Waals surface area contributed by atoms with E-state index in [2.05, 4.69) is 10.6 Å². The largest absolute Gasteiger partial charge is 0.480 e. The Labute approximate surface area is 227 Å². The van der Waals surface area contributed by atoms with E-state index in [-0.39, 0.29) is 38.1 Å². The Morgan fingerprint density at radius 3 is 1.26 bits per heavy atom. The number of hydrogen-bond acceptors (Lipinski definition) is 11. The molecule has 0 fully saturated rings. The summed E-state index contributed by atoms with van der Waals surface area (Å²) in [7, 11) is 0. The number of ether oxygens (including phenoxy) is 3. The zero-order valence-corrected chi connectivity index (χ0v) is 24.8. The molecule has 0 saturated carbocycles. The molecule has 0 saturated heterocycles. The molecule has 12 nitrogen and oxygen atoms in total. The molecule has 0 spiro atoms. The van der Waals surface area contributed by atoms with Crippen LogP contribution in [0.1, 0.15) is 62.3 Å². The number of aliphatic carboxylic acids is 1. The van der Waals surface area contributed by atoms with Gasteiger partial charge in [-0.25, -0.2) is 0 Å². The molecule has 0 amide bonds. The smallest absolute Gasteiger partial charge is 0.320 e. The molecule has 0 atom stereocenters. The van der Waals surface area contributed by atoms with E-state index in [1.807, 2.05) is 9.80 Å². The summed E-state index contributed by atoms with van der Waals surface area (Å²) in [6, 6.07) is 0. The lowest BCUT2D eigenvalue weighted by atomic mass is 10.2. The minimum absolute atomic E-state index is 0.0171. The van der Waals surface area contributed by atoms with Crippen LogP contribution in [0.3, 0.4) is 0 Å². The molecule has 0 aliphatic carbocycles. The Kier molecular flexibility index (Phi) is 15.6. The maximum Gasteiger partial charge on any atom is 0.320 e. The molecule has 0 aromatic rings. The van der Waals surface area contributed by atoms with Gasteiger partial charge in [-0.2, -0.15) is 0 Å². The van der Waals surface area contributed by atoms with Crippen molar-refractivity contribution in [3.8, 4) is 0 Å². The highest BCUT2D eigenvalue weighted by Gasteiger charge is 2.22. The number of hydrogen-bond donors (Lipinski definition) is 3. The zero-order valence-electron chi connectivity index (χ0n) is 24.8. The number of carbonyl (C=O) groups excluding carboxylic acids is 3. The Hall–Kier alpha value is -2.28. The lowest BCUT2D eigenvalue weighted by molar-refractivity contribution is -0.158. The summed E-state index contributed by atoms with van der Waals surface area (Å²) in [5.74, 6) is -2.11. The highest BCUT2D eigenvalue weighted by atomic mass is 16.6. The zero-order chi connectivity index (χ0) is 29.6. The third-order valence-electron chi connectivity index (χ3n) is 4.45. The minimum atomic E-state index is -0.967. The number of nitrogens with one attached hydrogen (secondary N) is 2. The van der Waals surface area contributed by atoms with Crippen LogP contribution < -0.4 is 10.6 Å². The van der Waals surface area contributed by atoms with Gasteiger partial charge in [-0.3, -0.25) is 29.0 Å². The van der Waals surface area contributed by atoms with Gasteiger partial charge in [0.15, 0.2) is 0 Å². The van der Waals surface area contributed by atoms with Crippen LogP contribution in [0.25, 0.3) is 0 Å². The average Bonchev–Trinajstić information content (AvgIpc) is 2.67. The molecule has 0 aromatic heterocycles. The van der Waals surface area contributed by atoms with Crippen molar-refractivity contribution < 1.29 is 38.5 Å². The van der Waals surface area contributed by atoms with Crippen LogP contribution in [-0.2, 0) is 33.4 Å². The summed E-state index contributed by atoms with van der Waals surface area (Å²) in [4.78, 5) is 51.4. The fourth-order valence-electron chi connectivity index (χ4n) is 3.17. The SMILES string of the molecule is CC(C)(C)OC(=O)CNCCN(CCN(CCNCC(=O)O)CC(=O)OC(C)(C)C)CC(=O)OC(C)(C)C. The molecular weight excluding hydrogens is 496 g/mol. The van der Waals surface area contributed by atoms with Crippen LogP contribution in [-0.4, -0.2) is 121 Å². The molecule has 222 valence electrons. The first-order chi connectivity index (χ1) is 17.3. The first kappa shape index (κ1) is 35.7. The van der Waals surface area contributed by atoms with Gasteiger partial charge in [-0.05, 0) is 62.3 Å². The normalized spacial score (nSPS) is 12.5. The summed E-state index contributed by atoms with van der Waals surface area (Å²) in [6.07, 6.45) is 0. The van der Waals surface area contributed by atoms with E-state index in [4.69, 9.17) is 19.3 Å². The fourth-order valence-corrected chi connectivity index (χ4v) is 3.17. The molecular formula is C26H50N4O8. The minimum Gasteiger partial charge on any atom is -0.480 e. The van der Waals surface area contributed by atoms with Crippen molar-refractivity contribution in [2.75, 3.05) is 65.4 Å². The first-order valence-corrected chi connectivity index (χ1v) is 13.0. The summed E-state index contributed by atoms with van der Waals surface area (Å²) < 4.78 is 16.2. The van der Waals surface area contributed by atoms with Gasteiger partial charge in [0.2, 0.25) is 0 Å². The Balaban J connectivity index is 5.17. The first-order valence-electron chi connectivity index (χ1n) is 13.0. The van der Waals surface area contributed by atoms with Gasteiger partial charge < -0.3 is 30.0 Å². The van der Waals surface area contributed by atoms with E-state index in [1.54, 1.807) is 62.3 Å². The number of rotatable bonds is 17. The quantitative estimate of drug-likeness (QED) is 0.135. The molecule has 0 rings (SSSR count). The highest BCUT2D eigenvalue weighted by molar-refractivity contribution is 5.73. The van der Waals surface area contributed by atoms with Crippen LogP contribution in [0.2, 0.25) is 0 Å². The molecule has 12 heteroatoms. The third-order valence-corrected chi connectivity index (χ3v) is 4.45. The summed E-state index contributed by atoms with van der Waals surface area (Å²) in [6.45, 7) is 18.5. The lowest BCUT2D eigenvalue weighted by Gasteiger charge is -2.29. The Bertz CT molecular complexity index is 754. The number of carbonyl (C=O) groups is 4. The number of carboxylic acid groups (broad SMARTS) is 1. The van der Waals surface area contributed by atoms with Crippen molar-refractivity contribution >= 4 is 23.9 Å². The van der Waals surface area contributed by atoms with Crippen LogP contribution in [0, 0.1) is 0 Å². The molecule has 0 radical (unpaired) electrons. The van der Waals surface area contributed by atoms with Crippen LogP contribution in [0.15, 0.2) is 0 Å². The molecule has 0 aromatic carbocycles. The number of carboxylic acids is 1. The van der Waals surface area contributed by atoms with Crippen molar-refractivity contribution in [3.63, 3.8) is 0 Å². The van der Waals surface area contributed by atoms with E-state index in [9.17, 15) is 19.2 Å². The van der Waals surface area contributed by atoms with Crippen molar-refractivity contribution in [1.29, 1.82) is 0 Å². The van der Waals surface area contributed by atoms with Crippen molar-refractivity contribution in [1.82, 2.24) is 20.4 Å². The van der Waals surface area contributed by atoms with Crippen LogP contribution in [0.5, 0.6) is 0 Å². The molecule has 38 heavy (non-hydrogen) atoms. The number of esters is 3. The molecule has 0 unspecified atom stereocenters. The van der Waals surface area contributed by atoms with Crippen molar-refractivity contribution in [2.45, 2.75) is 79.1 Å². The second-order valence-corrected chi connectivity index (χ2v) is 12.1. The second-order valence-electron chi connectivity index (χ2n) is 12.1. The van der Waals surface area contributed by atoms with Gasteiger partial charge >= 0.3 is 23.9 Å². The molecule has 0 heterocycles. The van der Waals surface area contributed by atoms with E-state index in [0.717, 1.165) is 0 Å². The predicted molar refractivity (Wildman–Crippen MR) is 144 cm³/mol. The third kappa shape index (κ3) is 22.9. The van der Waals surface area contributed by atoms with Crippen LogP contribution >= 0.6 is 0 Å². The number of nitrogens with zero attached hydrogens (tertiary/aromatic N) is 2. The van der Waals surface area contributed by atoms with Gasteiger partial charge in [-0.1, -0.05) is 0 Å². The van der Waals surface area contributed by atoms with Crippen molar-refractivity contribution in [3.05, 3.63) is 0 Å². The van der Waals surface area contributed by atoms with E-state index in [0.29, 0.717) is 39.3 Å². The molecule has 3 N–H and O–H groups in total. The monoisotopic (exact) mass is 546 g/mol. The maximum absolute atomic E-state index is 12.5. The van der Waals surface area contributed by atoms with Gasteiger partial charge in [0.25, 0.3) is 0 Å². The molecule has 0 bridgehead atoms. The maximum atomic E-state index is 12.5. The standard InChI is InChI=1S/C26H50N4O8/c1-24(2,3)36-21(33)17-28-11-13-30(19-23(35)38-26(7,8)9)15-14-29(12-10-27-16-20(31)32)18-22(34)37-25(4,5)6/h27-28H,10-19H2,1-9H3,(H,31,32). The van der Waals surface area contributed by atoms with E-state index >= 15 is 0 Å². The highest BCUT2D eigenvalue weighted by Crippen LogP contribution is 2.09. The van der Waals surface area contributed by atoms with Gasteiger partial charge in [0, 0.05) is 39.3 Å². The average molecular weight is 547 g/mol. The van der Waals surface area contributed by atoms with Gasteiger partial charge in [0.1, 0.15) is 16.8 Å². The van der Waals surface area contributed by atoms with Gasteiger partial charge in [0.05, 0.1) is 26.2 Å². The van der Waals surface area contributed by atoms with Crippen molar-refractivity contribution in [2.24, 2.45) is 0 Å². The van der Waals surface area contributed by atoms with E-state index < -0.39 is 28.7 Å². The summed E-state index contributed by atoms with van der Waals surface area (Å²) in [5.41, 5.74) is -1.83. The Morgan fingerprint density at radius 1 is 0.579 bits per heavy atom. The molecule has 0 aliphatic heterocycles. The Morgan fingerprint density at radius 2 is 0.921 bits per heavy atom. The summed E-state index contributed by atoms with van der Waals surface area (Å²) in [5, 5.41) is 14.7. The topological polar surface area (TPSA) is 147 Å². The molecule has 0 aliphatic rings. The lowest BCUT2D eigenvalue weighted by Crippen LogP contribution is -2.46. The second kappa shape index (κ2) is 16.6. The van der Waals surface area contributed by atoms with Gasteiger partial charge in [-0.15, -0.1) is 0 Å². The van der Waals surface area contributed by atoms with Crippen LogP contribution in [0.4, 0.5) is 0 Å².